The number of aliphatic hydroxyl groups excluding tert-OH is 2. The zero-order valence-electron chi connectivity index (χ0n) is 17.5. The Balaban J connectivity index is 1.93. The van der Waals surface area contributed by atoms with Crippen molar-refractivity contribution >= 4 is 11.8 Å². The Kier molecular flexibility index (Phi) is 4.24. The van der Waals surface area contributed by atoms with E-state index in [-0.39, 0.29) is 34.4 Å². The Bertz CT molecular complexity index is 733. The number of ketones is 1. The molecule has 0 aromatic carbocycles. The number of aliphatic hydroxyl groups is 2. The van der Waals surface area contributed by atoms with Gasteiger partial charge in [-0.1, -0.05) is 33.8 Å². The van der Waals surface area contributed by atoms with Crippen LogP contribution in [0, 0.1) is 39.4 Å². The number of hydrogen-bond donors (Lipinski definition) is 2. The van der Waals surface area contributed by atoms with Crippen molar-refractivity contribution in [2.45, 2.75) is 72.0 Å². The first-order valence-electron chi connectivity index (χ1n) is 10.7. The van der Waals surface area contributed by atoms with Gasteiger partial charge in [-0.2, -0.15) is 0 Å². The molecule has 0 radical (unpaired) electrons. The standard InChI is InChI=1S/C23H34O5/c1-6-20(3)12-21(4)15-8-10-23(13(2)18(20)27)9-7-14(25)17(23)22(15,5)19(21)28-16(26)11-24/h6,13,15,17-19,24,27H,1,7-12H2,2-5H3/t13?,15?,17?,18?,19?,20-,21?,22?,23?/m0/s1. The molecule has 0 heterocycles. The first-order chi connectivity index (χ1) is 13.0. The normalized spacial score (nSPS) is 54.8. The molecule has 5 aliphatic carbocycles. The van der Waals surface area contributed by atoms with Gasteiger partial charge in [0.05, 0.1) is 6.10 Å². The minimum Gasteiger partial charge on any atom is -0.459 e. The van der Waals surface area contributed by atoms with Gasteiger partial charge in [0, 0.05) is 28.6 Å². The van der Waals surface area contributed by atoms with Crippen molar-refractivity contribution in [2.75, 3.05) is 6.61 Å². The van der Waals surface area contributed by atoms with Gasteiger partial charge >= 0.3 is 5.97 Å². The van der Waals surface area contributed by atoms with Crippen LogP contribution in [0.15, 0.2) is 12.7 Å². The van der Waals surface area contributed by atoms with Gasteiger partial charge in [0.2, 0.25) is 0 Å². The molecule has 8 unspecified atom stereocenters. The van der Waals surface area contributed by atoms with Crippen LogP contribution >= 0.6 is 0 Å². The number of hydrogen-bond acceptors (Lipinski definition) is 5. The van der Waals surface area contributed by atoms with Gasteiger partial charge in [0.1, 0.15) is 18.5 Å². The van der Waals surface area contributed by atoms with E-state index in [4.69, 9.17) is 4.74 Å². The van der Waals surface area contributed by atoms with Crippen LogP contribution in [0.1, 0.15) is 59.8 Å². The molecule has 5 aliphatic rings. The highest BCUT2D eigenvalue weighted by molar-refractivity contribution is 5.86. The molecule has 2 N–H and O–H groups in total. The van der Waals surface area contributed by atoms with Crippen LogP contribution in [0.2, 0.25) is 0 Å². The lowest BCUT2D eigenvalue weighted by Gasteiger charge is -2.72. The Morgan fingerprint density at radius 2 is 2.00 bits per heavy atom. The van der Waals surface area contributed by atoms with Crippen LogP contribution in [0.5, 0.6) is 0 Å². The quantitative estimate of drug-likeness (QED) is 0.572. The lowest BCUT2D eigenvalue weighted by atomic mass is 9.33. The summed E-state index contributed by atoms with van der Waals surface area (Å²) < 4.78 is 5.86. The number of ether oxygens (including phenoxy) is 1. The second kappa shape index (κ2) is 5.91. The Labute approximate surface area is 167 Å². The average molecular weight is 391 g/mol. The number of carbonyl (C=O) groups is 2. The van der Waals surface area contributed by atoms with Gasteiger partial charge in [-0.15, -0.1) is 6.58 Å². The van der Waals surface area contributed by atoms with Crippen molar-refractivity contribution in [1.82, 2.24) is 0 Å². The van der Waals surface area contributed by atoms with Crippen LogP contribution < -0.4 is 0 Å². The van der Waals surface area contributed by atoms with Crippen molar-refractivity contribution in [1.29, 1.82) is 0 Å². The third-order valence-corrected chi connectivity index (χ3v) is 9.63. The highest BCUT2D eigenvalue weighted by atomic mass is 16.6. The van der Waals surface area contributed by atoms with Gasteiger partial charge in [-0.05, 0) is 42.9 Å². The highest BCUT2D eigenvalue weighted by Crippen LogP contribution is 2.78. The molecule has 156 valence electrons. The van der Waals surface area contributed by atoms with Crippen molar-refractivity contribution < 1.29 is 24.5 Å². The SMILES string of the molecule is C=C[C@@]1(C)CC2(C)C3CCC4(CCC(=O)C4C3(C)C2OC(=O)CO)C(C)C1O. The second-order valence-electron chi connectivity index (χ2n) is 10.7. The van der Waals surface area contributed by atoms with Gasteiger partial charge in [-0.3, -0.25) is 4.79 Å². The molecular formula is C23H34O5. The molecule has 0 aromatic heterocycles. The predicted molar refractivity (Wildman–Crippen MR) is 104 cm³/mol. The van der Waals surface area contributed by atoms with E-state index >= 15 is 0 Å². The van der Waals surface area contributed by atoms with Crippen molar-refractivity contribution in [2.24, 2.45) is 39.4 Å². The zero-order chi connectivity index (χ0) is 20.7. The first-order valence-corrected chi connectivity index (χ1v) is 10.7. The maximum Gasteiger partial charge on any atom is 0.332 e. The molecule has 0 aliphatic heterocycles. The van der Waals surface area contributed by atoms with Crippen molar-refractivity contribution in [3.8, 4) is 0 Å². The molecule has 0 aromatic rings. The van der Waals surface area contributed by atoms with E-state index in [9.17, 15) is 19.8 Å². The molecule has 1 spiro atoms. The number of rotatable bonds is 3. The third kappa shape index (κ3) is 2.10. The molecular weight excluding hydrogens is 356 g/mol. The first kappa shape index (κ1) is 20.1. The molecule has 0 amide bonds. The largest absolute Gasteiger partial charge is 0.459 e. The number of Topliss-reactive ketones (excluding diaryl/α,β-unsaturated/α-hetero) is 1. The summed E-state index contributed by atoms with van der Waals surface area (Å²) in [6, 6.07) is 0. The van der Waals surface area contributed by atoms with Crippen molar-refractivity contribution in [3.63, 3.8) is 0 Å². The highest BCUT2D eigenvalue weighted by Gasteiger charge is 2.79. The molecule has 28 heavy (non-hydrogen) atoms. The summed E-state index contributed by atoms with van der Waals surface area (Å²) in [5.74, 6) is -0.387. The average Bonchev–Trinajstić information content (AvgIpc) is 3.03. The van der Waals surface area contributed by atoms with Crippen LogP contribution in [0.25, 0.3) is 0 Å². The lowest BCUT2D eigenvalue weighted by Crippen LogP contribution is -2.74. The van der Waals surface area contributed by atoms with E-state index in [1.54, 1.807) is 0 Å². The van der Waals surface area contributed by atoms with Crippen LogP contribution in [-0.4, -0.2) is 40.8 Å². The summed E-state index contributed by atoms with van der Waals surface area (Å²) in [6.45, 7) is 11.8. The number of carbonyl (C=O) groups excluding carboxylic acids is 2. The second-order valence-corrected chi connectivity index (χ2v) is 10.7. The number of fused-ring (bicyclic) bond motifs is 4. The summed E-state index contributed by atoms with van der Waals surface area (Å²) in [4.78, 5) is 25.3. The van der Waals surface area contributed by atoms with E-state index in [1.807, 2.05) is 13.0 Å². The molecule has 5 heteroatoms. The molecule has 5 nitrogen and oxygen atoms in total. The Morgan fingerprint density at radius 1 is 1.32 bits per heavy atom. The van der Waals surface area contributed by atoms with Crippen LogP contribution in [-0.2, 0) is 14.3 Å². The maximum absolute atomic E-state index is 13.2. The van der Waals surface area contributed by atoms with Crippen molar-refractivity contribution in [3.05, 3.63) is 12.7 Å². The summed E-state index contributed by atoms with van der Waals surface area (Å²) in [5.41, 5.74) is -1.59. The van der Waals surface area contributed by atoms with Gasteiger partial charge in [-0.25, -0.2) is 4.79 Å². The third-order valence-electron chi connectivity index (χ3n) is 9.63. The summed E-state index contributed by atoms with van der Waals surface area (Å²) in [7, 11) is 0. The van der Waals surface area contributed by atoms with Crippen LogP contribution in [0.3, 0.4) is 0 Å². The van der Waals surface area contributed by atoms with E-state index in [2.05, 4.69) is 27.4 Å². The fraction of sp³-hybridized carbons (Fsp3) is 0.826. The van der Waals surface area contributed by atoms with Crippen LogP contribution in [0.4, 0.5) is 0 Å². The molecule has 4 bridgehead atoms. The van der Waals surface area contributed by atoms with Gasteiger partial charge in [0.25, 0.3) is 0 Å². The maximum atomic E-state index is 13.2. The van der Waals surface area contributed by atoms with Gasteiger partial charge in [0.15, 0.2) is 0 Å². The van der Waals surface area contributed by atoms with Gasteiger partial charge < -0.3 is 14.9 Å². The van der Waals surface area contributed by atoms with E-state index in [0.29, 0.717) is 12.8 Å². The smallest absolute Gasteiger partial charge is 0.332 e. The molecule has 9 atom stereocenters. The summed E-state index contributed by atoms with van der Waals surface area (Å²) in [5, 5.41) is 20.8. The number of esters is 1. The van der Waals surface area contributed by atoms with E-state index in [1.165, 1.54) is 0 Å². The molecule has 5 fully saturated rings. The molecule has 5 saturated carbocycles. The predicted octanol–water partition coefficient (Wildman–Crippen LogP) is 2.89. The monoisotopic (exact) mass is 390 g/mol. The topological polar surface area (TPSA) is 83.8 Å². The fourth-order valence-electron chi connectivity index (χ4n) is 8.67. The van der Waals surface area contributed by atoms with E-state index < -0.39 is 35.6 Å². The summed E-state index contributed by atoms with van der Waals surface area (Å²) >= 11 is 0. The Hall–Kier alpha value is -1.20. The summed E-state index contributed by atoms with van der Waals surface area (Å²) in [6.07, 6.45) is 4.70. The Morgan fingerprint density at radius 3 is 2.61 bits per heavy atom. The minimum atomic E-state index is -0.658. The minimum absolute atomic E-state index is 0.0399. The lowest BCUT2D eigenvalue weighted by molar-refractivity contribution is -0.294. The zero-order valence-corrected chi connectivity index (χ0v) is 17.5. The molecule has 0 saturated heterocycles. The van der Waals surface area contributed by atoms with E-state index in [0.717, 1.165) is 19.3 Å². The fourth-order valence-corrected chi connectivity index (χ4v) is 8.67. The molecule has 5 rings (SSSR count).